The summed E-state index contributed by atoms with van der Waals surface area (Å²) in [7, 11) is 0. The first kappa shape index (κ1) is 26.4. The predicted octanol–water partition coefficient (Wildman–Crippen LogP) is 3.82. The number of benzene rings is 4. The lowest BCUT2D eigenvalue weighted by molar-refractivity contribution is 0.0241. The predicted molar refractivity (Wildman–Crippen MR) is 154 cm³/mol. The van der Waals surface area contributed by atoms with E-state index in [2.05, 4.69) is 0 Å². The normalized spacial score (nSPS) is 21.7. The Morgan fingerprint density at radius 3 is 0.913 bits per heavy atom. The molecular weight excluding hydrogens is 596 g/mol. The van der Waals surface area contributed by atoms with Crippen molar-refractivity contribution in [3.8, 4) is 0 Å². The van der Waals surface area contributed by atoms with Crippen molar-refractivity contribution >= 4 is 69.1 Å². The number of nitrogens with zero attached hydrogens (tertiary/aromatic N) is 2. The SMILES string of the molecule is O=C1OC(=O)c2ccc3c4c(ccc1c24)C(=O)N([C@H]1CCCC[C@@H]1N1C(=O)c2ccc4c5c(ccc(c25)C1=O)C(=O)OC4=O)C3=O. The van der Waals surface area contributed by atoms with Crippen LogP contribution in [-0.4, -0.2) is 69.4 Å². The molecular formula is C34H18N2O10. The van der Waals surface area contributed by atoms with Crippen LogP contribution in [0.2, 0.25) is 0 Å². The second kappa shape index (κ2) is 8.78. The first-order chi connectivity index (χ1) is 22.2. The van der Waals surface area contributed by atoms with Crippen molar-refractivity contribution in [3.63, 3.8) is 0 Å². The molecule has 4 heterocycles. The first-order valence-corrected chi connectivity index (χ1v) is 14.7. The van der Waals surface area contributed by atoms with Gasteiger partial charge >= 0.3 is 23.9 Å². The molecule has 0 saturated heterocycles. The van der Waals surface area contributed by atoms with E-state index in [0.29, 0.717) is 25.7 Å². The van der Waals surface area contributed by atoms with Gasteiger partial charge in [-0.2, -0.15) is 0 Å². The van der Waals surface area contributed by atoms with E-state index in [-0.39, 0.29) is 66.1 Å². The van der Waals surface area contributed by atoms with Gasteiger partial charge in [0.1, 0.15) is 0 Å². The second-order valence-corrected chi connectivity index (χ2v) is 11.9. The molecule has 12 heteroatoms. The lowest BCUT2D eigenvalue weighted by Crippen LogP contribution is -2.61. The molecule has 0 N–H and O–H groups in total. The van der Waals surface area contributed by atoms with Crippen LogP contribution < -0.4 is 0 Å². The highest BCUT2D eigenvalue weighted by molar-refractivity contribution is 6.33. The zero-order valence-corrected chi connectivity index (χ0v) is 23.6. The molecule has 0 bridgehead atoms. The molecule has 5 aliphatic rings. The average molecular weight is 615 g/mol. The van der Waals surface area contributed by atoms with Gasteiger partial charge in [-0.15, -0.1) is 0 Å². The third kappa shape index (κ3) is 3.12. The second-order valence-electron chi connectivity index (χ2n) is 11.9. The van der Waals surface area contributed by atoms with Crippen molar-refractivity contribution in [1.29, 1.82) is 0 Å². The highest BCUT2D eigenvalue weighted by Gasteiger charge is 2.49. The maximum atomic E-state index is 14.2. The summed E-state index contributed by atoms with van der Waals surface area (Å²) in [5.41, 5.74) is 0.713. The van der Waals surface area contributed by atoms with Crippen molar-refractivity contribution in [2.24, 2.45) is 0 Å². The van der Waals surface area contributed by atoms with Crippen LogP contribution in [0.15, 0.2) is 48.5 Å². The number of imide groups is 2. The minimum atomic E-state index is -0.880. The average Bonchev–Trinajstić information content (AvgIpc) is 3.04. The Balaban J connectivity index is 1.16. The summed E-state index contributed by atoms with van der Waals surface area (Å²) < 4.78 is 9.64. The van der Waals surface area contributed by atoms with E-state index in [0.717, 1.165) is 9.80 Å². The van der Waals surface area contributed by atoms with Gasteiger partial charge < -0.3 is 9.47 Å². The van der Waals surface area contributed by atoms with E-state index in [1.165, 1.54) is 48.5 Å². The number of esters is 4. The monoisotopic (exact) mass is 614 g/mol. The summed E-state index contributed by atoms with van der Waals surface area (Å²) in [5.74, 6) is -6.18. The Kier molecular flexibility index (Phi) is 5.03. The fourth-order valence-corrected chi connectivity index (χ4v) is 7.77. The Hall–Kier alpha value is -6.04. The van der Waals surface area contributed by atoms with Crippen molar-refractivity contribution in [1.82, 2.24) is 9.80 Å². The van der Waals surface area contributed by atoms with Gasteiger partial charge in [0.05, 0.1) is 34.3 Å². The summed E-state index contributed by atoms with van der Waals surface area (Å²) in [6.07, 6.45) is 1.88. The van der Waals surface area contributed by atoms with Crippen molar-refractivity contribution < 1.29 is 47.8 Å². The number of carbonyl (C=O) groups excluding carboxylic acids is 8. The number of hydrogen-bond donors (Lipinski definition) is 0. The van der Waals surface area contributed by atoms with Gasteiger partial charge in [0.15, 0.2) is 0 Å². The fourth-order valence-electron chi connectivity index (χ4n) is 7.77. The van der Waals surface area contributed by atoms with Crippen molar-refractivity contribution in [3.05, 3.63) is 93.0 Å². The lowest BCUT2D eigenvalue weighted by Gasteiger charge is -2.45. The summed E-state index contributed by atoms with van der Waals surface area (Å²) in [4.78, 5) is 109. The molecule has 46 heavy (non-hydrogen) atoms. The van der Waals surface area contributed by atoms with E-state index in [4.69, 9.17) is 9.47 Å². The van der Waals surface area contributed by atoms with Gasteiger partial charge in [-0.3, -0.25) is 29.0 Å². The van der Waals surface area contributed by atoms with Crippen LogP contribution in [-0.2, 0) is 9.47 Å². The summed E-state index contributed by atoms with van der Waals surface area (Å²) in [6.45, 7) is 0. The summed E-state index contributed by atoms with van der Waals surface area (Å²) in [6, 6.07) is 9.46. The van der Waals surface area contributed by atoms with E-state index in [9.17, 15) is 38.4 Å². The molecule has 0 unspecified atom stereocenters. The Labute approximate surface area is 257 Å². The third-order valence-electron chi connectivity index (χ3n) is 9.73. The molecule has 0 aromatic heterocycles. The Bertz CT molecular complexity index is 2000. The summed E-state index contributed by atoms with van der Waals surface area (Å²) >= 11 is 0. The van der Waals surface area contributed by atoms with Crippen LogP contribution in [0.25, 0.3) is 21.5 Å². The molecule has 4 aromatic rings. The standard InChI is InChI=1S/C34H18N2O10/c37-27-13-5-9-17-25-18(32(42)45-31(17)41)10-6-14(23(13)25)28(38)35(27)21-3-1-2-4-22(21)36-29(39)15-7-11-19-26-20(34(44)46-33(19)43)12-8-16(24(15)26)30(36)40/h5-12,21-22H,1-4H2/t21-,22-/m0/s1. The van der Waals surface area contributed by atoms with Gasteiger partial charge in [0.25, 0.3) is 23.6 Å². The third-order valence-corrected chi connectivity index (χ3v) is 9.73. The zero-order valence-electron chi connectivity index (χ0n) is 23.6. The first-order valence-electron chi connectivity index (χ1n) is 14.7. The van der Waals surface area contributed by atoms with E-state index >= 15 is 0 Å². The molecule has 224 valence electrons. The van der Waals surface area contributed by atoms with Gasteiger partial charge in [0, 0.05) is 43.8 Å². The maximum absolute atomic E-state index is 14.2. The van der Waals surface area contributed by atoms with Gasteiger partial charge in [-0.1, -0.05) is 12.8 Å². The van der Waals surface area contributed by atoms with Crippen molar-refractivity contribution in [2.45, 2.75) is 37.8 Å². The largest absolute Gasteiger partial charge is 0.386 e. The van der Waals surface area contributed by atoms with E-state index in [1.54, 1.807) is 0 Å². The van der Waals surface area contributed by atoms with E-state index in [1.807, 2.05) is 0 Å². The van der Waals surface area contributed by atoms with E-state index < -0.39 is 59.6 Å². The zero-order chi connectivity index (χ0) is 31.8. The lowest BCUT2D eigenvalue weighted by atomic mass is 9.81. The molecule has 0 spiro atoms. The number of ether oxygens (including phenoxy) is 2. The number of amides is 4. The molecule has 2 atom stereocenters. The highest BCUT2D eigenvalue weighted by Crippen LogP contribution is 2.42. The van der Waals surface area contributed by atoms with Crippen LogP contribution in [0.3, 0.4) is 0 Å². The van der Waals surface area contributed by atoms with Crippen LogP contribution in [0.1, 0.15) is 109 Å². The van der Waals surface area contributed by atoms with Crippen LogP contribution in [0.4, 0.5) is 0 Å². The molecule has 0 radical (unpaired) electrons. The molecule has 12 nitrogen and oxygen atoms in total. The molecule has 4 aliphatic heterocycles. The molecule has 4 aromatic carbocycles. The topological polar surface area (TPSA) is 162 Å². The molecule has 4 amide bonds. The number of rotatable bonds is 2. The smallest absolute Gasteiger partial charge is 0.346 e. The fraction of sp³-hybridized carbons (Fsp3) is 0.176. The summed E-state index contributed by atoms with van der Waals surface area (Å²) in [5, 5.41) is 0.729. The van der Waals surface area contributed by atoms with Gasteiger partial charge in [-0.05, 0) is 61.4 Å². The molecule has 1 aliphatic carbocycles. The minimum Gasteiger partial charge on any atom is -0.386 e. The van der Waals surface area contributed by atoms with Crippen molar-refractivity contribution in [2.75, 3.05) is 0 Å². The van der Waals surface area contributed by atoms with Gasteiger partial charge in [0.2, 0.25) is 0 Å². The number of hydrogen-bond acceptors (Lipinski definition) is 10. The maximum Gasteiger partial charge on any atom is 0.346 e. The molecule has 1 saturated carbocycles. The highest BCUT2D eigenvalue weighted by atomic mass is 16.6. The number of carbonyl (C=O) groups is 8. The van der Waals surface area contributed by atoms with Gasteiger partial charge in [-0.25, -0.2) is 19.2 Å². The molecule has 9 rings (SSSR count). The Morgan fingerprint density at radius 2 is 0.630 bits per heavy atom. The van der Waals surface area contributed by atoms with Crippen LogP contribution >= 0.6 is 0 Å². The number of cyclic esters (lactones) is 4. The molecule has 1 fully saturated rings. The van der Waals surface area contributed by atoms with Crippen LogP contribution in [0, 0.1) is 0 Å². The Morgan fingerprint density at radius 1 is 0.391 bits per heavy atom. The van der Waals surface area contributed by atoms with Crippen LogP contribution in [0.5, 0.6) is 0 Å². The minimum absolute atomic E-state index is 0.0677. The quantitative estimate of drug-likeness (QED) is 0.184.